The van der Waals surface area contributed by atoms with Gasteiger partial charge in [-0.2, -0.15) is 0 Å². The summed E-state index contributed by atoms with van der Waals surface area (Å²) in [6.07, 6.45) is 1.20. The molecule has 0 spiro atoms. The van der Waals surface area contributed by atoms with E-state index in [4.69, 9.17) is 5.11 Å². The number of aromatic nitrogens is 1. The minimum atomic E-state index is -0.769. The van der Waals surface area contributed by atoms with Crippen molar-refractivity contribution in [2.24, 2.45) is 5.92 Å². The molecule has 0 saturated carbocycles. The number of para-hydroxylation sites is 1. The molecule has 0 fully saturated rings. The highest BCUT2D eigenvalue weighted by Crippen LogP contribution is 2.27. The zero-order valence-electron chi connectivity index (χ0n) is 11.8. The van der Waals surface area contributed by atoms with E-state index in [0.717, 1.165) is 35.1 Å². The van der Waals surface area contributed by atoms with E-state index in [-0.39, 0.29) is 6.42 Å². The Morgan fingerprint density at radius 3 is 2.63 bits per heavy atom. The Morgan fingerprint density at radius 2 is 2.00 bits per heavy atom. The SMILES string of the molecule is Cc1c(CC(=O)O)c2ccccc2n1CCC(C)C. The van der Waals surface area contributed by atoms with E-state index in [9.17, 15) is 4.79 Å². The third-order valence-electron chi connectivity index (χ3n) is 3.62. The molecule has 0 amide bonds. The summed E-state index contributed by atoms with van der Waals surface area (Å²) in [5, 5.41) is 10.1. The third-order valence-corrected chi connectivity index (χ3v) is 3.62. The summed E-state index contributed by atoms with van der Waals surface area (Å²) in [5.74, 6) is -0.127. The van der Waals surface area contributed by atoms with Crippen LogP contribution >= 0.6 is 0 Å². The minimum absolute atomic E-state index is 0.0982. The standard InChI is InChI=1S/C16H21NO2/c1-11(2)8-9-17-12(3)14(10-16(18)19)13-6-4-5-7-15(13)17/h4-7,11H,8-10H2,1-3H3,(H,18,19). The first-order chi connectivity index (χ1) is 9.00. The Morgan fingerprint density at radius 1 is 1.32 bits per heavy atom. The maximum atomic E-state index is 11.0. The molecule has 0 radical (unpaired) electrons. The van der Waals surface area contributed by atoms with E-state index in [2.05, 4.69) is 24.5 Å². The summed E-state index contributed by atoms with van der Waals surface area (Å²) in [5.41, 5.74) is 3.19. The molecule has 0 aliphatic carbocycles. The van der Waals surface area contributed by atoms with E-state index in [1.54, 1.807) is 0 Å². The van der Waals surface area contributed by atoms with Gasteiger partial charge in [-0.05, 0) is 30.9 Å². The number of nitrogens with zero attached hydrogens (tertiary/aromatic N) is 1. The Kier molecular flexibility index (Phi) is 3.93. The minimum Gasteiger partial charge on any atom is -0.481 e. The molecule has 2 rings (SSSR count). The molecule has 102 valence electrons. The second-order valence-electron chi connectivity index (χ2n) is 5.49. The lowest BCUT2D eigenvalue weighted by Gasteiger charge is -2.10. The molecule has 0 aliphatic rings. The van der Waals surface area contributed by atoms with Crippen molar-refractivity contribution in [3.63, 3.8) is 0 Å². The van der Waals surface area contributed by atoms with Crippen LogP contribution in [-0.4, -0.2) is 15.6 Å². The molecule has 0 unspecified atom stereocenters. The predicted molar refractivity (Wildman–Crippen MR) is 77.5 cm³/mol. The Balaban J connectivity index is 2.50. The number of carboxylic acid groups (broad SMARTS) is 1. The van der Waals surface area contributed by atoms with Gasteiger partial charge < -0.3 is 9.67 Å². The van der Waals surface area contributed by atoms with Crippen molar-refractivity contribution in [2.75, 3.05) is 0 Å². The van der Waals surface area contributed by atoms with Gasteiger partial charge >= 0.3 is 5.97 Å². The predicted octanol–water partition coefficient (Wildman–Crippen LogP) is 3.62. The van der Waals surface area contributed by atoms with Gasteiger partial charge in [-0.15, -0.1) is 0 Å². The molecule has 1 N–H and O–H groups in total. The second kappa shape index (κ2) is 5.47. The summed E-state index contributed by atoms with van der Waals surface area (Å²) < 4.78 is 2.26. The quantitative estimate of drug-likeness (QED) is 0.891. The number of aryl methyl sites for hydroxylation is 1. The lowest BCUT2D eigenvalue weighted by molar-refractivity contribution is -0.136. The molecular weight excluding hydrogens is 238 g/mol. The average molecular weight is 259 g/mol. The van der Waals surface area contributed by atoms with Crippen LogP contribution in [0.2, 0.25) is 0 Å². The van der Waals surface area contributed by atoms with Crippen molar-refractivity contribution in [1.82, 2.24) is 4.57 Å². The van der Waals surface area contributed by atoms with Crippen LogP contribution in [0.1, 0.15) is 31.5 Å². The lowest BCUT2D eigenvalue weighted by atomic mass is 10.1. The molecule has 2 aromatic rings. The Hall–Kier alpha value is -1.77. The van der Waals surface area contributed by atoms with Crippen molar-refractivity contribution in [1.29, 1.82) is 0 Å². The van der Waals surface area contributed by atoms with Crippen LogP contribution in [0.4, 0.5) is 0 Å². The van der Waals surface area contributed by atoms with Gasteiger partial charge in [-0.1, -0.05) is 32.0 Å². The summed E-state index contributed by atoms with van der Waals surface area (Å²) in [4.78, 5) is 11.0. The number of carboxylic acids is 1. The van der Waals surface area contributed by atoms with Crippen molar-refractivity contribution in [3.05, 3.63) is 35.5 Å². The van der Waals surface area contributed by atoms with Crippen LogP contribution in [-0.2, 0) is 17.8 Å². The van der Waals surface area contributed by atoms with Gasteiger partial charge in [0.25, 0.3) is 0 Å². The average Bonchev–Trinajstić information content (AvgIpc) is 2.60. The topological polar surface area (TPSA) is 42.2 Å². The maximum absolute atomic E-state index is 11.0. The number of aliphatic carboxylic acids is 1. The van der Waals surface area contributed by atoms with E-state index < -0.39 is 5.97 Å². The number of fused-ring (bicyclic) bond motifs is 1. The monoisotopic (exact) mass is 259 g/mol. The highest BCUT2D eigenvalue weighted by molar-refractivity contribution is 5.89. The lowest BCUT2D eigenvalue weighted by Crippen LogP contribution is -2.05. The van der Waals surface area contributed by atoms with E-state index in [0.29, 0.717) is 5.92 Å². The first-order valence-electron chi connectivity index (χ1n) is 6.79. The zero-order chi connectivity index (χ0) is 14.0. The second-order valence-corrected chi connectivity index (χ2v) is 5.49. The van der Waals surface area contributed by atoms with Crippen LogP contribution < -0.4 is 0 Å². The van der Waals surface area contributed by atoms with Crippen LogP contribution in [0.3, 0.4) is 0 Å². The van der Waals surface area contributed by atoms with Gasteiger partial charge in [0.05, 0.1) is 6.42 Å². The molecule has 1 aromatic carbocycles. The number of hydrogen-bond acceptors (Lipinski definition) is 1. The molecule has 3 nitrogen and oxygen atoms in total. The highest BCUT2D eigenvalue weighted by Gasteiger charge is 2.15. The fraction of sp³-hybridized carbons (Fsp3) is 0.438. The Labute approximate surface area is 113 Å². The summed E-state index contributed by atoms with van der Waals surface area (Å²) in [6.45, 7) is 7.39. The molecule has 0 saturated heterocycles. The smallest absolute Gasteiger partial charge is 0.307 e. The van der Waals surface area contributed by atoms with Gasteiger partial charge in [-0.25, -0.2) is 0 Å². The highest BCUT2D eigenvalue weighted by atomic mass is 16.4. The summed E-state index contributed by atoms with van der Waals surface area (Å²) in [6, 6.07) is 8.08. The van der Waals surface area contributed by atoms with Crippen molar-refractivity contribution >= 4 is 16.9 Å². The fourth-order valence-corrected chi connectivity index (χ4v) is 2.55. The molecule has 0 bridgehead atoms. The number of carbonyl (C=O) groups is 1. The molecule has 0 aliphatic heterocycles. The van der Waals surface area contributed by atoms with Crippen LogP contribution in [0.15, 0.2) is 24.3 Å². The van der Waals surface area contributed by atoms with Crippen molar-refractivity contribution in [2.45, 2.75) is 40.2 Å². The first kappa shape index (κ1) is 13.7. The van der Waals surface area contributed by atoms with Crippen LogP contribution in [0.25, 0.3) is 10.9 Å². The normalized spacial score (nSPS) is 11.4. The van der Waals surface area contributed by atoms with E-state index >= 15 is 0 Å². The summed E-state index contributed by atoms with van der Waals surface area (Å²) in [7, 11) is 0. The number of benzene rings is 1. The van der Waals surface area contributed by atoms with Gasteiger partial charge in [0.2, 0.25) is 0 Å². The van der Waals surface area contributed by atoms with Gasteiger partial charge in [-0.3, -0.25) is 4.79 Å². The fourth-order valence-electron chi connectivity index (χ4n) is 2.55. The molecule has 0 atom stereocenters. The number of rotatable bonds is 5. The molecule has 1 heterocycles. The Bertz CT molecular complexity index is 596. The maximum Gasteiger partial charge on any atom is 0.307 e. The third kappa shape index (κ3) is 2.80. The summed E-state index contributed by atoms with van der Waals surface area (Å²) >= 11 is 0. The van der Waals surface area contributed by atoms with Crippen molar-refractivity contribution in [3.8, 4) is 0 Å². The molecule has 3 heteroatoms. The van der Waals surface area contributed by atoms with Gasteiger partial charge in [0.15, 0.2) is 0 Å². The largest absolute Gasteiger partial charge is 0.481 e. The molecule has 1 aromatic heterocycles. The first-order valence-corrected chi connectivity index (χ1v) is 6.79. The van der Waals surface area contributed by atoms with E-state index in [1.165, 1.54) is 0 Å². The van der Waals surface area contributed by atoms with Gasteiger partial charge in [0.1, 0.15) is 0 Å². The van der Waals surface area contributed by atoms with Crippen LogP contribution in [0, 0.1) is 12.8 Å². The van der Waals surface area contributed by atoms with E-state index in [1.807, 2.05) is 25.1 Å². The molecular formula is C16H21NO2. The zero-order valence-corrected chi connectivity index (χ0v) is 11.8. The van der Waals surface area contributed by atoms with Gasteiger partial charge in [0, 0.05) is 23.1 Å². The molecule has 19 heavy (non-hydrogen) atoms. The number of hydrogen-bond donors (Lipinski definition) is 1. The van der Waals surface area contributed by atoms with Crippen LogP contribution in [0.5, 0.6) is 0 Å². The van der Waals surface area contributed by atoms with Crippen molar-refractivity contribution < 1.29 is 9.90 Å².